The van der Waals surface area contributed by atoms with Gasteiger partial charge in [-0.1, -0.05) is 26.0 Å². The van der Waals surface area contributed by atoms with Crippen LogP contribution in [0.5, 0.6) is 6.01 Å². The van der Waals surface area contributed by atoms with Gasteiger partial charge in [-0.2, -0.15) is 4.98 Å². The second-order valence-electron chi connectivity index (χ2n) is 2.67. The van der Waals surface area contributed by atoms with E-state index in [-0.39, 0.29) is 6.01 Å². The molecule has 1 aromatic heterocycles. The van der Waals surface area contributed by atoms with Crippen LogP contribution in [0.25, 0.3) is 11.5 Å². The van der Waals surface area contributed by atoms with Gasteiger partial charge in [-0.05, 0) is 17.3 Å². The van der Waals surface area contributed by atoms with Gasteiger partial charge in [0, 0.05) is 5.69 Å². The molecule has 5 nitrogen and oxygen atoms in total. The zero-order valence-corrected chi connectivity index (χ0v) is 9.60. The molecule has 0 aliphatic heterocycles. The second-order valence-corrected chi connectivity index (χ2v) is 2.67. The first-order chi connectivity index (χ1) is 7.81. The van der Waals surface area contributed by atoms with Crippen molar-refractivity contribution in [3.63, 3.8) is 0 Å². The van der Waals surface area contributed by atoms with Crippen molar-refractivity contribution in [2.45, 2.75) is 13.8 Å². The molecule has 0 saturated heterocycles. The highest BCUT2D eigenvalue weighted by atomic mass is 16.5. The highest BCUT2D eigenvalue weighted by Crippen LogP contribution is 2.24. The van der Waals surface area contributed by atoms with Crippen molar-refractivity contribution < 1.29 is 9.26 Å². The molecule has 0 amide bonds. The van der Waals surface area contributed by atoms with E-state index in [2.05, 4.69) is 10.1 Å². The molecule has 2 aromatic rings. The summed E-state index contributed by atoms with van der Waals surface area (Å²) in [4.78, 5) is 3.98. The van der Waals surface area contributed by atoms with Crippen LogP contribution in [-0.2, 0) is 0 Å². The Balaban J connectivity index is 0.000000606. The Morgan fingerprint density at radius 1 is 1.25 bits per heavy atom. The minimum absolute atomic E-state index is 0.197. The van der Waals surface area contributed by atoms with E-state index in [0.717, 1.165) is 0 Å². The monoisotopic (exact) mass is 221 g/mol. The van der Waals surface area contributed by atoms with Gasteiger partial charge >= 0.3 is 6.01 Å². The van der Waals surface area contributed by atoms with Gasteiger partial charge in [-0.15, -0.1) is 0 Å². The third-order valence-corrected chi connectivity index (χ3v) is 1.78. The van der Waals surface area contributed by atoms with E-state index >= 15 is 0 Å². The van der Waals surface area contributed by atoms with E-state index in [1.54, 1.807) is 6.07 Å². The van der Waals surface area contributed by atoms with Crippen molar-refractivity contribution in [2.75, 3.05) is 12.8 Å². The normalized spacial score (nSPS) is 9.19. The molecule has 0 aliphatic rings. The maximum absolute atomic E-state index is 5.73. The molecule has 0 spiro atoms. The molecule has 0 unspecified atom stereocenters. The summed E-state index contributed by atoms with van der Waals surface area (Å²) in [5.74, 6) is 0.361. The summed E-state index contributed by atoms with van der Waals surface area (Å²) in [7, 11) is 1.48. The Bertz CT molecular complexity index is 440. The number of methoxy groups -OCH3 is 1. The minimum Gasteiger partial charge on any atom is -0.465 e. The van der Waals surface area contributed by atoms with E-state index in [1.807, 2.05) is 32.0 Å². The van der Waals surface area contributed by atoms with Crippen LogP contribution in [0, 0.1) is 0 Å². The standard InChI is InChI=1S/C9H9N3O2.C2H6/c1-13-9-11-8(14-12-9)6-4-2-3-5-7(6)10;1-2/h2-5H,10H2,1H3;1-2H3. The maximum atomic E-state index is 5.73. The Morgan fingerprint density at radius 2 is 1.94 bits per heavy atom. The number of hydrogen-bond donors (Lipinski definition) is 1. The summed E-state index contributed by atoms with van der Waals surface area (Å²) in [6, 6.07) is 7.46. The van der Waals surface area contributed by atoms with Gasteiger partial charge in [-0.3, -0.25) is 0 Å². The summed E-state index contributed by atoms with van der Waals surface area (Å²) in [5.41, 5.74) is 7.04. The first-order valence-corrected chi connectivity index (χ1v) is 5.04. The van der Waals surface area contributed by atoms with Gasteiger partial charge in [0.1, 0.15) is 0 Å². The lowest BCUT2D eigenvalue weighted by Crippen LogP contribution is -1.89. The van der Waals surface area contributed by atoms with Gasteiger partial charge < -0.3 is 15.0 Å². The number of benzene rings is 1. The number of nitrogens with two attached hydrogens (primary N) is 1. The maximum Gasteiger partial charge on any atom is 0.354 e. The number of nitrogen functional groups attached to an aromatic ring is 1. The van der Waals surface area contributed by atoms with Crippen LogP contribution in [-0.4, -0.2) is 17.3 Å². The van der Waals surface area contributed by atoms with Crippen LogP contribution in [0.3, 0.4) is 0 Å². The fourth-order valence-corrected chi connectivity index (χ4v) is 1.09. The van der Waals surface area contributed by atoms with E-state index < -0.39 is 0 Å². The first kappa shape index (κ1) is 12.0. The molecular weight excluding hydrogens is 206 g/mol. The molecule has 0 aliphatic carbocycles. The molecule has 86 valence electrons. The van der Waals surface area contributed by atoms with Crippen LogP contribution >= 0.6 is 0 Å². The molecule has 1 heterocycles. The van der Waals surface area contributed by atoms with Crippen molar-refractivity contribution in [3.8, 4) is 17.5 Å². The summed E-state index contributed by atoms with van der Waals surface area (Å²) in [5, 5.41) is 3.59. The molecule has 16 heavy (non-hydrogen) atoms. The summed E-state index contributed by atoms with van der Waals surface area (Å²) in [6.07, 6.45) is 0. The van der Waals surface area contributed by atoms with Crippen molar-refractivity contribution in [3.05, 3.63) is 24.3 Å². The molecule has 0 atom stereocenters. The average molecular weight is 221 g/mol. The Hall–Kier alpha value is -2.04. The Kier molecular flexibility index (Phi) is 4.32. The van der Waals surface area contributed by atoms with Crippen LogP contribution in [0.1, 0.15) is 13.8 Å². The van der Waals surface area contributed by atoms with E-state index in [1.165, 1.54) is 7.11 Å². The van der Waals surface area contributed by atoms with Crippen LogP contribution in [0.2, 0.25) is 0 Å². The molecule has 0 bridgehead atoms. The predicted octanol–water partition coefficient (Wildman–Crippen LogP) is 2.35. The van der Waals surface area contributed by atoms with Gasteiger partial charge in [0.25, 0.3) is 5.89 Å². The largest absolute Gasteiger partial charge is 0.465 e. The van der Waals surface area contributed by atoms with Crippen molar-refractivity contribution in [1.82, 2.24) is 10.1 Å². The van der Waals surface area contributed by atoms with E-state index in [4.69, 9.17) is 15.0 Å². The molecule has 0 fully saturated rings. The summed E-state index contributed by atoms with van der Waals surface area (Å²) >= 11 is 0. The number of nitrogens with zero attached hydrogens (tertiary/aromatic N) is 2. The van der Waals surface area contributed by atoms with Crippen molar-refractivity contribution >= 4 is 5.69 Å². The molecule has 0 radical (unpaired) electrons. The van der Waals surface area contributed by atoms with Crippen LogP contribution in [0.15, 0.2) is 28.8 Å². The smallest absolute Gasteiger partial charge is 0.354 e. The number of rotatable bonds is 2. The summed E-state index contributed by atoms with van der Waals surface area (Å²) in [6.45, 7) is 4.00. The van der Waals surface area contributed by atoms with Crippen molar-refractivity contribution in [1.29, 1.82) is 0 Å². The topological polar surface area (TPSA) is 74.2 Å². The lowest BCUT2D eigenvalue weighted by Gasteiger charge is -1.97. The Morgan fingerprint density at radius 3 is 2.50 bits per heavy atom. The SMILES string of the molecule is CC.COc1noc(-c2ccccc2N)n1. The second kappa shape index (κ2) is 5.75. The third kappa shape index (κ3) is 2.50. The zero-order chi connectivity index (χ0) is 12.0. The summed E-state index contributed by atoms with van der Waals surface area (Å²) < 4.78 is 9.76. The van der Waals surface area contributed by atoms with Gasteiger partial charge in [0.15, 0.2) is 0 Å². The van der Waals surface area contributed by atoms with Crippen LogP contribution < -0.4 is 10.5 Å². The quantitative estimate of drug-likeness (QED) is 0.788. The molecule has 5 heteroatoms. The van der Waals surface area contributed by atoms with Gasteiger partial charge in [0.05, 0.1) is 12.7 Å². The molecular formula is C11H15N3O2. The van der Waals surface area contributed by atoms with E-state index in [9.17, 15) is 0 Å². The lowest BCUT2D eigenvalue weighted by atomic mass is 10.2. The number of anilines is 1. The molecule has 2 N–H and O–H groups in total. The zero-order valence-electron chi connectivity index (χ0n) is 9.60. The average Bonchev–Trinajstić information content (AvgIpc) is 2.81. The fraction of sp³-hybridized carbons (Fsp3) is 0.273. The number of ether oxygens (including phenoxy) is 1. The van der Waals surface area contributed by atoms with E-state index in [0.29, 0.717) is 17.1 Å². The number of aromatic nitrogens is 2. The molecule has 1 aromatic carbocycles. The number of hydrogen-bond acceptors (Lipinski definition) is 5. The van der Waals surface area contributed by atoms with Crippen LogP contribution in [0.4, 0.5) is 5.69 Å². The highest BCUT2D eigenvalue weighted by molar-refractivity contribution is 5.69. The lowest BCUT2D eigenvalue weighted by molar-refractivity contribution is 0.339. The molecule has 2 rings (SSSR count). The first-order valence-electron chi connectivity index (χ1n) is 5.04. The highest BCUT2D eigenvalue weighted by Gasteiger charge is 2.10. The van der Waals surface area contributed by atoms with Crippen molar-refractivity contribution in [2.24, 2.45) is 0 Å². The third-order valence-electron chi connectivity index (χ3n) is 1.78. The van der Waals surface area contributed by atoms with Gasteiger partial charge in [-0.25, -0.2) is 0 Å². The molecule has 0 saturated carbocycles. The minimum atomic E-state index is 0.197. The van der Waals surface area contributed by atoms with Gasteiger partial charge in [0.2, 0.25) is 0 Å². The predicted molar refractivity (Wildman–Crippen MR) is 62.0 cm³/mol. The fourth-order valence-electron chi connectivity index (χ4n) is 1.09. The Labute approximate surface area is 94.2 Å². The number of para-hydroxylation sites is 1.